The van der Waals surface area contributed by atoms with E-state index >= 15 is 0 Å². The van der Waals surface area contributed by atoms with Crippen LogP contribution in [0.2, 0.25) is 0 Å². The zero-order valence-corrected chi connectivity index (χ0v) is 9.17. The summed E-state index contributed by atoms with van der Waals surface area (Å²) in [4.78, 5) is 0. The predicted molar refractivity (Wildman–Crippen MR) is 58.5 cm³/mol. The Bertz CT molecular complexity index is 319. The smallest absolute Gasteiger partial charge is 0.0795 e. The van der Waals surface area contributed by atoms with Gasteiger partial charge in [0.25, 0.3) is 0 Å². The second kappa shape index (κ2) is 3.39. The standard InChI is InChI=1S/C13H18O/c1-8-4-5-10(3)13-11(14)7-6-9(2)12(8)13/h4-5,9,11,14H,6-7H2,1-3H3/t9?,11-/m0/s1. The number of aliphatic hydroxyl groups is 1. The molecule has 1 aliphatic carbocycles. The van der Waals surface area contributed by atoms with Crippen LogP contribution >= 0.6 is 0 Å². The molecule has 0 fully saturated rings. The highest BCUT2D eigenvalue weighted by molar-refractivity contribution is 5.44. The van der Waals surface area contributed by atoms with E-state index < -0.39 is 0 Å². The third-order valence-corrected chi connectivity index (χ3v) is 3.42. The van der Waals surface area contributed by atoms with Crippen LogP contribution in [0.25, 0.3) is 0 Å². The fourth-order valence-electron chi connectivity index (χ4n) is 2.65. The predicted octanol–water partition coefficient (Wildman–Crippen LogP) is 3.23. The molecule has 0 aromatic heterocycles. The van der Waals surface area contributed by atoms with Gasteiger partial charge in [0, 0.05) is 0 Å². The Morgan fingerprint density at radius 1 is 1.07 bits per heavy atom. The molecule has 14 heavy (non-hydrogen) atoms. The lowest BCUT2D eigenvalue weighted by molar-refractivity contribution is 0.150. The lowest BCUT2D eigenvalue weighted by Gasteiger charge is -2.29. The van der Waals surface area contributed by atoms with Gasteiger partial charge in [0.2, 0.25) is 0 Å². The van der Waals surface area contributed by atoms with Crippen LogP contribution in [0.4, 0.5) is 0 Å². The normalized spacial score (nSPS) is 26.0. The van der Waals surface area contributed by atoms with Gasteiger partial charge in [0.15, 0.2) is 0 Å². The number of aryl methyl sites for hydroxylation is 2. The summed E-state index contributed by atoms with van der Waals surface area (Å²) < 4.78 is 0. The minimum atomic E-state index is -0.235. The molecule has 0 amide bonds. The minimum absolute atomic E-state index is 0.235. The maximum Gasteiger partial charge on any atom is 0.0795 e. The Balaban J connectivity index is 2.65. The van der Waals surface area contributed by atoms with Crippen molar-refractivity contribution in [2.75, 3.05) is 0 Å². The van der Waals surface area contributed by atoms with Gasteiger partial charge >= 0.3 is 0 Å². The first-order chi connectivity index (χ1) is 6.61. The zero-order valence-electron chi connectivity index (χ0n) is 9.17. The second-order valence-corrected chi connectivity index (χ2v) is 4.52. The van der Waals surface area contributed by atoms with Crippen LogP contribution in [-0.2, 0) is 0 Å². The molecule has 2 atom stereocenters. The molecule has 0 saturated heterocycles. The quantitative estimate of drug-likeness (QED) is 0.666. The third-order valence-electron chi connectivity index (χ3n) is 3.42. The molecule has 0 saturated carbocycles. The first-order valence-electron chi connectivity index (χ1n) is 5.39. The van der Waals surface area contributed by atoms with E-state index in [1.54, 1.807) is 0 Å². The molecule has 1 aliphatic rings. The van der Waals surface area contributed by atoms with Crippen molar-refractivity contribution >= 4 is 0 Å². The number of hydrogen-bond donors (Lipinski definition) is 1. The van der Waals surface area contributed by atoms with Gasteiger partial charge in [-0.2, -0.15) is 0 Å². The summed E-state index contributed by atoms with van der Waals surface area (Å²) in [6.45, 7) is 6.50. The summed E-state index contributed by atoms with van der Waals surface area (Å²) in [5, 5.41) is 9.98. The fourth-order valence-corrected chi connectivity index (χ4v) is 2.65. The highest BCUT2D eigenvalue weighted by Gasteiger charge is 2.25. The van der Waals surface area contributed by atoms with Gasteiger partial charge in [0.1, 0.15) is 0 Å². The molecule has 1 heteroatoms. The molecule has 1 N–H and O–H groups in total. The van der Waals surface area contributed by atoms with Crippen LogP contribution in [0.5, 0.6) is 0 Å². The maximum atomic E-state index is 9.98. The van der Waals surface area contributed by atoms with Gasteiger partial charge < -0.3 is 5.11 Å². The van der Waals surface area contributed by atoms with Gasteiger partial charge in [-0.1, -0.05) is 19.1 Å². The molecule has 0 aliphatic heterocycles. The summed E-state index contributed by atoms with van der Waals surface area (Å²) in [6, 6.07) is 4.29. The SMILES string of the molecule is Cc1ccc(C)c2c1C(C)CC[C@@H]2O. The third kappa shape index (κ3) is 1.36. The Labute approximate surface area is 85.8 Å². The maximum absolute atomic E-state index is 9.98. The molecule has 1 aromatic carbocycles. The molecule has 0 heterocycles. The van der Waals surface area contributed by atoms with Crippen LogP contribution in [-0.4, -0.2) is 5.11 Å². The molecule has 76 valence electrons. The lowest BCUT2D eigenvalue weighted by Crippen LogP contribution is -2.15. The van der Waals surface area contributed by atoms with Crippen molar-refractivity contribution in [1.82, 2.24) is 0 Å². The van der Waals surface area contributed by atoms with Crippen molar-refractivity contribution in [3.8, 4) is 0 Å². The van der Waals surface area contributed by atoms with E-state index in [1.165, 1.54) is 22.3 Å². The van der Waals surface area contributed by atoms with Gasteiger partial charge in [-0.15, -0.1) is 0 Å². The van der Waals surface area contributed by atoms with Gasteiger partial charge in [0.05, 0.1) is 6.10 Å². The Hall–Kier alpha value is -0.820. The average Bonchev–Trinajstić information content (AvgIpc) is 2.16. The second-order valence-electron chi connectivity index (χ2n) is 4.52. The molecular weight excluding hydrogens is 172 g/mol. The number of benzene rings is 1. The first kappa shape index (κ1) is 9.72. The highest BCUT2D eigenvalue weighted by Crippen LogP contribution is 2.40. The number of fused-ring (bicyclic) bond motifs is 1. The van der Waals surface area contributed by atoms with Crippen LogP contribution < -0.4 is 0 Å². The van der Waals surface area contributed by atoms with Crippen LogP contribution in [0.15, 0.2) is 12.1 Å². The van der Waals surface area contributed by atoms with Crippen molar-refractivity contribution in [3.63, 3.8) is 0 Å². The Morgan fingerprint density at radius 2 is 1.64 bits per heavy atom. The van der Waals surface area contributed by atoms with Crippen molar-refractivity contribution in [2.24, 2.45) is 0 Å². The van der Waals surface area contributed by atoms with E-state index in [2.05, 4.69) is 32.9 Å². The molecule has 1 unspecified atom stereocenters. The van der Waals surface area contributed by atoms with Crippen LogP contribution in [0.3, 0.4) is 0 Å². The van der Waals surface area contributed by atoms with Crippen LogP contribution in [0.1, 0.15) is 54.0 Å². The summed E-state index contributed by atoms with van der Waals surface area (Å²) in [5.41, 5.74) is 5.16. The molecule has 1 nitrogen and oxygen atoms in total. The monoisotopic (exact) mass is 190 g/mol. The van der Waals surface area contributed by atoms with E-state index in [4.69, 9.17) is 0 Å². The van der Waals surface area contributed by atoms with E-state index in [0.29, 0.717) is 5.92 Å². The van der Waals surface area contributed by atoms with Gasteiger partial charge in [-0.3, -0.25) is 0 Å². The van der Waals surface area contributed by atoms with E-state index in [9.17, 15) is 5.11 Å². The lowest BCUT2D eigenvalue weighted by atomic mass is 9.78. The molecule has 2 rings (SSSR count). The number of hydrogen-bond acceptors (Lipinski definition) is 1. The van der Waals surface area contributed by atoms with Crippen molar-refractivity contribution in [3.05, 3.63) is 34.4 Å². The summed E-state index contributed by atoms with van der Waals surface area (Å²) in [6.07, 6.45) is 1.79. The Kier molecular flexibility index (Phi) is 2.36. The van der Waals surface area contributed by atoms with Gasteiger partial charge in [-0.25, -0.2) is 0 Å². The van der Waals surface area contributed by atoms with E-state index in [-0.39, 0.29) is 6.10 Å². The van der Waals surface area contributed by atoms with Crippen molar-refractivity contribution in [2.45, 2.75) is 45.6 Å². The summed E-state index contributed by atoms with van der Waals surface area (Å²) in [5.74, 6) is 0.605. The molecular formula is C13H18O. The Morgan fingerprint density at radius 3 is 2.21 bits per heavy atom. The molecule has 0 bridgehead atoms. The molecule has 1 aromatic rings. The molecule has 0 radical (unpaired) electrons. The van der Waals surface area contributed by atoms with Gasteiger partial charge in [-0.05, 0) is 54.9 Å². The topological polar surface area (TPSA) is 20.2 Å². The zero-order chi connectivity index (χ0) is 10.3. The van der Waals surface area contributed by atoms with Crippen molar-refractivity contribution < 1.29 is 5.11 Å². The van der Waals surface area contributed by atoms with E-state index in [0.717, 1.165) is 12.8 Å². The first-order valence-corrected chi connectivity index (χ1v) is 5.39. The largest absolute Gasteiger partial charge is 0.388 e. The van der Waals surface area contributed by atoms with Crippen LogP contribution in [0, 0.1) is 13.8 Å². The van der Waals surface area contributed by atoms with E-state index in [1.807, 2.05) is 0 Å². The molecule has 0 spiro atoms. The number of aliphatic hydroxyl groups excluding tert-OH is 1. The summed E-state index contributed by atoms with van der Waals surface area (Å²) >= 11 is 0. The number of rotatable bonds is 0. The highest BCUT2D eigenvalue weighted by atomic mass is 16.3. The minimum Gasteiger partial charge on any atom is -0.388 e. The fraction of sp³-hybridized carbons (Fsp3) is 0.538. The summed E-state index contributed by atoms with van der Waals surface area (Å²) in [7, 11) is 0. The van der Waals surface area contributed by atoms with Crippen molar-refractivity contribution in [1.29, 1.82) is 0 Å². The average molecular weight is 190 g/mol.